The summed E-state index contributed by atoms with van der Waals surface area (Å²) < 4.78 is 1.24. The van der Waals surface area contributed by atoms with Crippen LogP contribution in [0.5, 0.6) is 0 Å². The van der Waals surface area contributed by atoms with Gasteiger partial charge < -0.3 is 5.32 Å². The molecular formula is C12H12N4O2. The highest BCUT2D eigenvalue weighted by atomic mass is 16.2. The molecular weight excluding hydrogens is 232 g/mol. The summed E-state index contributed by atoms with van der Waals surface area (Å²) in [4.78, 5) is 30.8. The highest BCUT2D eigenvalue weighted by Gasteiger charge is 2.04. The molecule has 0 saturated heterocycles. The fraction of sp³-hybridized carbons (Fsp3) is 0.167. The second-order valence-corrected chi connectivity index (χ2v) is 3.64. The average molecular weight is 244 g/mol. The second kappa shape index (κ2) is 5.72. The SMILES string of the molecule is O=C(Cn1cnccc1=O)NCc1ccccn1. The van der Waals surface area contributed by atoms with E-state index in [1.54, 1.807) is 12.3 Å². The molecule has 0 aliphatic carbocycles. The molecule has 2 aromatic heterocycles. The smallest absolute Gasteiger partial charge is 0.253 e. The maximum absolute atomic E-state index is 11.6. The van der Waals surface area contributed by atoms with E-state index in [4.69, 9.17) is 0 Å². The van der Waals surface area contributed by atoms with Crippen molar-refractivity contribution in [2.45, 2.75) is 13.1 Å². The molecule has 0 spiro atoms. The van der Waals surface area contributed by atoms with Gasteiger partial charge in [-0.1, -0.05) is 6.07 Å². The van der Waals surface area contributed by atoms with E-state index in [-0.39, 0.29) is 18.0 Å². The number of rotatable bonds is 4. The van der Waals surface area contributed by atoms with Gasteiger partial charge >= 0.3 is 0 Å². The van der Waals surface area contributed by atoms with Crippen molar-refractivity contribution in [1.29, 1.82) is 0 Å². The van der Waals surface area contributed by atoms with Gasteiger partial charge in [-0.25, -0.2) is 4.98 Å². The summed E-state index contributed by atoms with van der Waals surface area (Å²) in [6.45, 7) is 0.300. The Labute approximate surface area is 103 Å². The van der Waals surface area contributed by atoms with Gasteiger partial charge in [0.2, 0.25) is 5.91 Å². The predicted molar refractivity (Wildman–Crippen MR) is 64.6 cm³/mol. The lowest BCUT2D eigenvalue weighted by Crippen LogP contribution is -2.31. The maximum Gasteiger partial charge on any atom is 0.253 e. The van der Waals surface area contributed by atoms with Crippen LogP contribution in [0.4, 0.5) is 0 Å². The van der Waals surface area contributed by atoms with Crippen LogP contribution in [0.25, 0.3) is 0 Å². The van der Waals surface area contributed by atoms with Crippen molar-refractivity contribution in [2.24, 2.45) is 0 Å². The predicted octanol–water partition coefficient (Wildman–Crippen LogP) is -0.0453. The number of carbonyl (C=O) groups is 1. The first-order valence-corrected chi connectivity index (χ1v) is 5.43. The van der Waals surface area contributed by atoms with E-state index in [2.05, 4.69) is 15.3 Å². The molecule has 0 bridgehead atoms. The Kier molecular flexibility index (Phi) is 3.80. The molecule has 1 N–H and O–H groups in total. The fourth-order valence-electron chi connectivity index (χ4n) is 1.40. The van der Waals surface area contributed by atoms with Gasteiger partial charge in [0, 0.05) is 18.5 Å². The number of amides is 1. The van der Waals surface area contributed by atoms with Crippen molar-refractivity contribution in [3.63, 3.8) is 0 Å². The van der Waals surface area contributed by atoms with Crippen LogP contribution in [-0.2, 0) is 17.9 Å². The number of hydrogen-bond acceptors (Lipinski definition) is 4. The number of hydrogen-bond donors (Lipinski definition) is 1. The van der Waals surface area contributed by atoms with Gasteiger partial charge in [0.05, 0.1) is 18.6 Å². The van der Waals surface area contributed by atoms with Crippen LogP contribution in [0, 0.1) is 0 Å². The molecule has 2 aromatic rings. The third-order valence-electron chi connectivity index (χ3n) is 2.30. The summed E-state index contributed by atoms with van der Waals surface area (Å²) >= 11 is 0. The van der Waals surface area contributed by atoms with Crippen molar-refractivity contribution in [3.8, 4) is 0 Å². The van der Waals surface area contributed by atoms with E-state index < -0.39 is 0 Å². The minimum Gasteiger partial charge on any atom is -0.349 e. The number of nitrogens with one attached hydrogen (secondary N) is 1. The molecule has 0 saturated carbocycles. The maximum atomic E-state index is 11.6. The normalized spacial score (nSPS) is 10.0. The fourth-order valence-corrected chi connectivity index (χ4v) is 1.40. The summed E-state index contributed by atoms with van der Waals surface area (Å²) in [7, 11) is 0. The summed E-state index contributed by atoms with van der Waals surface area (Å²) in [5.74, 6) is -0.254. The van der Waals surface area contributed by atoms with E-state index in [9.17, 15) is 9.59 Å². The second-order valence-electron chi connectivity index (χ2n) is 3.64. The molecule has 6 nitrogen and oxygen atoms in total. The molecule has 0 aliphatic rings. The highest BCUT2D eigenvalue weighted by molar-refractivity contribution is 5.75. The zero-order valence-electron chi connectivity index (χ0n) is 9.61. The first-order chi connectivity index (χ1) is 8.75. The summed E-state index contributed by atoms with van der Waals surface area (Å²) in [6.07, 6.45) is 4.39. The van der Waals surface area contributed by atoms with Crippen LogP contribution in [0.3, 0.4) is 0 Å². The Morgan fingerprint density at radius 2 is 2.17 bits per heavy atom. The van der Waals surface area contributed by atoms with Crippen molar-refractivity contribution in [3.05, 3.63) is 59.0 Å². The quantitative estimate of drug-likeness (QED) is 0.818. The van der Waals surface area contributed by atoms with Crippen LogP contribution < -0.4 is 10.9 Å². The average Bonchev–Trinajstić information content (AvgIpc) is 2.40. The Balaban J connectivity index is 1.90. The zero-order chi connectivity index (χ0) is 12.8. The van der Waals surface area contributed by atoms with E-state index in [0.29, 0.717) is 6.54 Å². The number of nitrogens with zero attached hydrogens (tertiary/aromatic N) is 3. The van der Waals surface area contributed by atoms with Gasteiger partial charge in [0.15, 0.2) is 0 Å². The molecule has 0 aliphatic heterocycles. The van der Waals surface area contributed by atoms with Gasteiger partial charge in [-0.3, -0.25) is 19.1 Å². The molecule has 0 unspecified atom stereocenters. The van der Waals surface area contributed by atoms with E-state index in [1.807, 2.05) is 12.1 Å². The van der Waals surface area contributed by atoms with Crippen LogP contribution in [0.2, 0.25) is 0 Å². The van der Waals surface area contributed by atoms with Crippen molar-refractivity contribution in [1.82, 2.24) is 19.9 Å². The number of pyridine rings is 1. The lowest BCUT2D eigenvalue weighted by atomic mass is 10.3. The minimum absolute atomic E-state index is 0.0422. The summed E-state index contributed by atoms with van der Waals surface area (Å²) in [5.41, 5.74) is 0.516. The summed E-state index contributed by atoms with van der Waals surface area (Å²) in [6, 6.07) is 6.78. The number of carbonyl (C=O) groups excluding carboxylic acids is 1. The standard InChI is InChI=1S/C12H12N4O2/c17-11(8-16-9-13-6-4-12(16)18)15-7-10-3-1-2-5-14-10/h1-6,9H,7-8H2,(H,15,17). The Bertz CT molecular complexity index is 580. The largest absolute Gasteiger partial charge is 0.349 e. The van der Waals surface area contributed by atoms with Gasteiger partial charge in [0.25, 0.3) is 5.56 Å². The van der Waals surface area contributed by atoms with Gasteiger partial charge in [-0.05, 0) is 12.1 Å². The molecule has 92 valence electrons. The molecule has 0 aromatic carbocycles. The van der Waals surface area contributed by atoms with Gasteiger partial charge in [-0.15, -0.1) is 0 Å². The van der Waals surface area contributed by atoms with Crippen LogP contribution in [-0.4, -0.2) is 20.4 Å². The van der Waals surface area contributed by atoms with E-state index in [1.165, 1.54) is 23.2 Å². The molecule has 1 amide bonds. The first kappa shape index (κ1) is 12.0. The van der Waals surface area contributed by atoms with Crippen LogP contribution >= 0.6 is 0 Å². The summed E-state index contributed by atoms with van der Waals surface area (Å²) in [5, 5.41) is 2.69. The van der Waals surface area contributed by atoms with Gasteiger partial charge in [-0.2, -0.15) is 0 Å². The third kappa shape index (κ3) is 3.24. The minimum atomic E-state index is -0.254. The van der Waals surface area contributed by atoms with Crippen molar-refractivity contribution in [2.75, 3.05) is 0 Å². The Morgan fingerprint density at radius 3 is 2.89 bits per heavy atom. The van der Waals surface area contributed by atoms with Crippen molar-refractivity contribution < 1.29 is 4.79 Å². The molecule has 2 heterocycles. The third-order valence-corrected chi connectivity index (χ3v) is 2.30. The van der Waals surface area contributed by atoms with E-state index >= 15 is 0 Å². The number of aromatic nitrogens is 3. The Morgan fingerprint density at radius 1 is 1.28 bits per heavy atom. The molecule has 0 fully saturated rings. The van der Waals surface area contributed by atoms with Crippen LogP contribution in [0.1, 0.15) is 5.69 Å². The Hall–Kier alpha value is -2.50. The molecule has 0 atom stereocenters. The highest BCUT2D eigenvalue weighted by Crippen LogP contribution is 1.92. The zero-order valence-corrected chi connectivity index (χ0v) is 9.61. The molecule has 0 radical (unpaired) electrons. The lowest BCUT2D eigenvalue weighted by molar-refractivity contribution is -0.121. The molecule has 2 rings (SSSR count). The van der Waals surface area contributed by atoms with Gasteiger partial charge in [0.1, 0.15) is 6.54 Å². The van der Waals surface area contributed by atoms with Crippen molar-refractivity contribution >= 4 is 5.91 Å². The topological polar surface area (TPSA) is 76.9 Å². The molecule has 6 heteroatoms. The first-order valence-electron chi connectivity index (χ1n) is 5.43. The monoisotopic (exact) mass is 244 g/mol. The van der Waals surface area contributed by atoms with E-state index in [0.717, 1.165) is 5.69 Å². The van der Waals surface area contributed by atoms with Crippen LogP contribution in [0.15, 0.2) is 47.8 Å². The lowest BCUT2D eigenvalue weighted by Gasteiger charge is -2.06. The molecule has 18 heavy (non-hydrogen) atoms.